The molecule has 142 valence electrons. The summed E-state index contributed by atoms with van der Waals surface area (Å²) in [5.74, 6) is -0.628. The van der Waals surface area contributed by atoms with Crippen molar-refractivity contribution in [2.45, 2.75) is 57.9 Å². The molecule has 1 aliphatic rings. The molecule has 4 amide bonds. The van der Waals surface area contributed by atoms with Crippen LogP contribution in [0.5, 0.6) is 0 Å². The number of hydrogen-bond acceptors (Lipinski definition) is 3. The Kier molecular flexibility index (Phi) is 7.18. The van der Waals surface area contributed by atoms with Gasteiger partial charge in [-0.15, -0.1) is 0 Å². The minimum Gasteiger partial charge on any atom is -0.354 e. The molecule has 0 radical (unpaired) electrons. The van der Waals surface area contributed by atoms with E-state index < -0.39 is 11.6 Å². The molecule has 1 fully saturated rings. The predicted octanol–water partition coefficient (Wildman–Crippen LogP) is 2.63. The Labute approximate surface area is 155 Å². The first kappa shape index (κ1) is 19.9. The van der Waals surface area contributed by atoms with E-state index in [9.17, 15) is 14.4 Å². The smallest absolute Gasteiger partial charge is 0.325 e. The van der Waals surface area contributed by atoms with Gasteiger partial charge in [-0.2, -0.15) is 0 Å². The van der Waals surface area contributed by atoms with Gasteiger partial charge in [0.05, 0.1) is 0 Å². The van der Waals surface area contributed by atoms with Crippen LogP contribution >= 0.6 is 0 Å². The summed E-state index contributed by atoms with van der Waals surface area (Å²) in [7, 11) is 0. The molecule has 2 rings (SSSR count). The van der Waals surface area contributed by atoms with Crippen LogP contribution in [0.1, 0.15) is 51.5 Å². The molecule has 6 nitrogen and oxygen atoms in total. The summed E-state index contributed by atoms with van der Waals surface area (Å²) in [6.07, 6.45) is 5.46. The third-order valence-electron chi connectivity index (χ3n) is 4.76. The monoisotopic (exact) mass is 359 g/mol. The fraction of sp³-hybridized carbons (Fsp3) is 0.550. The maximum Gasteiger partial charge on any atom is 0.325 e. The Balaban J connectivity index is 1.79. The van der Waals surface area contributed by atoms with Crippen molar-refractivity contribution >= 4 is 17.8 Å². The Bertz CT molecular complexity index is 632. The van der Waals surface area contributed by atoms with Crippen LogP contribution in [0.4, 0.5) is 4.79 Å². The minimum atomic E-state index is -0.894. The molecule has 26 heavy (non-hydrogen) atoms. The summed E-state index contributed by atoms with van der Waals surface area (Å²) in [5.41, 5.74) is 0.234. The van der Waals surface area contributed by atoms with E-state index in [0.29, 0.717) is 19.4 Å². The van der Waals surface area contributed by atoms with Gasteiger partial charge in [0.25, 0.3) is 5.91 Å². The van der Waals surface area contributed by atoms with Crippen LogP contribution in [0.15, 0.2) is 30.3 Å². The normalized spacial score (nSPS) is 19.5. The lowest BCUT2D eigenvalue weighted by molar-refractivity contribution is -0.134. The number of carbonyl (C=O) groups excluding carboxylic acids is 3. The first-order chi connectivity index (χ1) is 12.5. The Hall–Kier alpha value is -2.37. The van der Waals surface area contributed by atoms with E-state index in [2.05, 4.69) is 17.6 Å². The second-order valence-electron chi connectivity index (χ2n) is 7.05. The van der Waals surface area contributed by atoms with Crippen molar-refractivity contribution < 1.29 is 14.4 Å². The zero-order chi connectivity index (χ0) is 19.0. The van der Waals surface area contributed by atoms with E-state index in [1.54, 1.807) is 6.92 Å². The molecule has 1 aromatic carbocycles. The van der Waals surface area contributed by atoms with Crippen molar-refractivity contribution in [3.05, 3.63) is 35.9 Å². The van der Waals surface area contributed by atoms with Crippen LogP contribution in [-0.2, 0) is 16.0 Å². The van der Waals surface area contributed by atoms with Gasteiger partial charge in [0.1, 0.15) is 12.1 Å². The molecular weight excluding hydrogens is 330 g/mol. The Morgan fingerprint density at radius 2 is 1.88 bits per heavy atom. The average molecular weight is 359 g/mol. The molecule has 0 aliphatic carbocycles. The third kappa shape index (κ3) is 5.31. The number of rotatable bonds is 10. The maximum absolute atomic E-state index is 12.6. The number of carbonyl (C=O) groups is 3. The highest BCUT2D eigenvalue weighted by molar-refractivity contribution is 6.08. The number of nitrogens with zero attached hydrogens (tertiary/aromatic N) is 1. The van der Waals surface area contributed by atoms with Crippen LogP contribution in [0.25, 0.3) is 0 Å². The second kappa shape index (κ2) is 9.36. The molecule has 1 heterocycles. The lowest BCUT2D eigenvalue weighted by atomic mass is 9.94. The van der Waals surface area contributed by atoms with Gasteiger partial charge in [0.15, 0.2) is 0 Å². The van der Waals surface area contributed by atoms with Gasteiger partial charge in [0, 0.05) is 6.54 Å². The summed E-state index contributed by atoms with van der Waals surface area (Å²) < 4.78 is 0. The molecule has 0 bridgehead atoms. The summed E-state index contributed by atoms with van der Waals surface area (Å²) in [5, 5.41) is 5.53. The van der Waals surface area contributed by atoms with Crippen LogP contribution in [-0.4, -0.2) is 41.4 Å². The first-order valence-corrected chi connectivity index (χ1v) is 9.41. The zero-order valence-electron chi connectivity index (χ0n) is 15.7. The van der Waals surface area contributed by atoms with Crippen LogP contribution < -0.4 is 10.6 Å². The maximum atomic E-state index is 12.6. The van der Waals surface area contributed by atoms with Gasteiger partial charge in [-0.3, -0.25) is 14.5 Å². The van der Waals surface area contributed by atoms with E-state index in [4.69, 9.17) is 0 Å². The van der Waals surface area contributed by atoms with Gasteiger partial charge < -0.3 is 10.6 Å². The molecule has 6 heteroatoms. The van der Waals surface area contributed by atoms with Crippen molar-refractivity contribution in [2.75, 3.05) is 13.1 Å². The van der Waals surface area contributed by atoms with Crippen molar-refractivity contribution in [1.82, 2.24) is 15.5 Å². The molecule has 1 aliphatic heterocycles. The largest absolute Gasteiger partial charge is 0.354 e. The number of urea groups is 1. The second-order valence-corrected chi connectivity index (χ2v) is 7.05. The van der Waals surface area contributed by atoms with Crippen molar-refractivity contribution in [3.8, 4) is 0 Å². The first-order valence-electron chi connectivity index (χ1n) is 9.41. The van der Waals surface area contributed by atoms with Crippen LogP contribution in [0, 0.1) is 0 Å². The molecule has 2 N–H and O–H groups in total. The summed E-state index contributed by atoms with van der Waals surface area (Å²) in [6, 6.07) is 9.35. The minimum absolute atomic E-state index is 0.232. The molecule has 1 unspecified atom stereocenters. The van der Waals surface area contributed by atoms with Crippen molar-refractivity contribution in [2.24, 2.45) is 0 Å². The van der Waals surface area contributed by atoms with Gasteiger partial charge >= 0.3 is 6.03 Å². The number of benzene rings is 1. The summed E-state index contributed by atoms with van der Waals surface area (Å²) in [6.45, 7) is 4.11. The highest BCUT2D eigenvalue weighted by atomic mass is 16.2. The third-order valence-corrected chi connectivity index (χ3v) is 4.76. The number of nitrogens with one attached hydrogen (secondary N) is 2. The van der Waals surface area contributed by atoms with E-state index in [-0.39, 0.29) is 18.4 Å². The fourth-order valence-electron chi connectivity index (χ4n) is 3.16. The topological polar surface area (TPSA) is 78.5 Å². The van der Waals surface area contributed by atoms with Gasteiger partial charge in [-0.25, -0.2) is 4.79 Å². The molecular formula is C20H29N3O3. The quantitative estimate of drug-likeness (QED) is 0.498. The van der Waals surface area contributed by atoms with Gasteiger partial charge in [0.2, 0.25) is 5.91 Å². The van der Waals surface area contributed by atoms with E-state index >= 15 is 0 Å². The molecule has 1 atom stereocenters. The highest BCUT2D eigenvalue weighted by Crippen LogP contribution is 2.23. The molecule has 1 aromatic rings. The van der Waals surface area contributed by atoms with Crippen LogP contribution in [0.3, 0.4) is 0 Å². The predicted molar refractivity (Wildman–Crippen MR) is 101 cm³/mol. The SMILES string of the molecule is CCCCCCC1(C)NC(=O)N(CC(=O)NCCc2ccccc2)C1=O. The van der Waals surface area contributed by atoms with Crippen LogP contribution in [0.2, 0.25) is 0 Å². The van der Waals surface area contributed by atoms with E-state index in [1.165, 1.54) is 0 Å². The van der Waals surface area contributed by atoms with E-state index in [0.717, 1.165) is 36.1 Å². The fourth-order valence-corrected chi connectivity index (χ4v) is 3.16. The molecule has 0 aromatic heterocycles. The van der Waals surface area contributed by atoms with Crippen molar-refractivity contribution in [3.63, 3.8) is 0 Å². The number of amides is 4. The lowest BCUT2D eigenvalue weighted by Crippen LogP contribution is -2.45. The number of unbranched alkanes of at least 4 members (excludes halogenated alkanes) is 3. The summed E-state index contributed by atoms with van der Waals surface area (Å²) >= 11 is 0. The Morgan fingerprint density at radius 1 is 1.15 bits per heavy atom. The Morgan fingerprint density at radius 3 is 2.58 bits per heavy atom. The molecule has 0 spiro atoms. The van der Waals surface area contributed by atoms with E-state index in [1.807, 2.05) is 30.3 Å². The van der Waals surface area contributed by atoms with Gasteiger partial charge in [-0.1, -0.05) is 62.9 Å². The zero-order valence-corrected chi connectivity index (χ0v) is 15.7. The van der Waals surface area contributed by atoms with Gasteiger partial charge in [-0.05, 0) is 25.3 Å². The summed E-state index contributed by atoms with van der Waals surface area (Å²) in [4.78, 5) is 37.9. The lowest BCUT2D eigenvalue weighted by Gasteiger charge is -2.21. The highest BCUT2D eigenvalue weighted by Gasteiger charge is 2.47. The molecule has 1 saturated heterocycles. The van der Waals surface area contributed by atoms with Crippen molar-refractivity contribution in [1.29, 1.82) is 0 Å². The number of imide groups is 1. The standard InChI is InChI=1S/C20H29N3O3/c1-3-4-5-9-13-20(2)18(25)23(19(26)22-20)15-17(24)21-14-12-16-10-7-6-8-11-16/h6-8,10-11H,3-5,9,12-15H2,1-2H3,(H,21,24)(H,22,26). The molecule has 0 saturated carbocycles. The number of hydrogen-bond donors (Lipinski definition) is 2. The average Bonchev–Trinajstić information content (AvgIpc) is 2.83.